The number of hydrogen-bond acceptors (Lipinski definition) is 5. The Balaban J connectivity index is 2.16. The van der Waals surface area contributed by atoms with E-state index in [1.54, 1.807) is 24.0 Å². The van der Waals surface area contributed by atoms with Gasteiger partial charge in [-0.15, -0.1) is 0 Å². The SMILES string of the molecule is CC(=O)N1CCN(c2ccc(S(N)(=O)=O)c(N)c2)CC1. The molecule has 1 heterocycles. The normalized spacial score (nSPS) is 16.3. The predicted molar refractivity (Wildman–Crippen MR) is 76.7 cm³/mol. The number of amides is 1. The molecule has 8 heteroatoms. The van der Waals surface area contributed by atoms with Gasteiger partial charge in [-0.25, -0.2) is 13.6 Å². The van der Waals surface area contributed by atoms with Crippen LogP contribution in [-0.2, 0) is 14.8 Å². The van der Waals surface area contributed by atoms with Crippen molar-refractivity contribution in [2.75, 3.05) is 36.8 Å². The Hall–Kier alpha value is -1.80. The van der Waals surface area contributed by atoms with Gasteiger partial charge in [0.15, 0.2) is 0 Å². The van der Waals surface area contributed by atoms with Crippen LogP contribution in [0.1, 0.15) is 6.92 Å². The molecule has 2 rings (SSSR count). The average molecular weight is 298 g/mol. The van der Waals surface area contributed by atoms with Crippen LogP contribution in [0, 0.1) is 0 Å². The summed E-state index contributed by atoms with van der Waals surface area (Å²) in [5.41, 5.74) is 6.71. The first-order valence-electron chi connectivity index (χ1n) is 6.22. The first-order valence-corrected chi connectivity index (χ1v) is 7.76. The summed E-state index contributed by atoms with van der Waals surface area (Å²) in [7, 11) is -3.80. The number of nitrogen functional groups attached to an aromatic ring is 1. The van der Waals surface area contributed by atoms with Crippen molar-refractivity contribution in [2.24, 2.45) is 5.14 Å². The van der Waals surface area contributed by atoms with E-state index in [0.29, 0.717) is 26.2 Å². The molecule has 1 aliphatic rings. The topological polar surface area (TPSA) is 110 Å². The smallest absolute Gasteiger partial charge is 0.240 e. The molecule has 1 saturated heterocycles. The molecule has 0 spiro atoms. The van der Waals surface area contributed by atoms with Gasteiger partial charge in [0.05, 0.1) is 5.69 Å². The van der Waals surface area contributed by atoms with E-state index < -0.39 is 10.0 Å². The van der Waals surface area contributed by atoms with E-state index in [-0.39, 0.29) is 16.5 Å². The van der Waals surface area contributed by atoms with E-state index >= 15 is 0 Å². The second-order valence-corrected chi connectivity index (χ2v) is 6.29. The Morgan fingerprint density at radius 1 is 1.20 bits per heavy atom. The summed E-state index contributed by atoms with van der Waals surface area (Å²) in [5.74, 6) is 0.0636. The number of carbonyl (C=O) groups is 1. The van der Waals surface area contributed by atoms with Crippen molar-refractivity contribution in [3.63, 3.8) is 0 Å². The van der Waals surface area contributed by atoms with Crippen molar-refractivity contribution in [1.29, 1.82) is 0 Å². The summed E-state index contributed by atoms with van der Waals surface area (Å²) in [6.07, 6.45) is 0. The first kappa shape index (κ1) is 14.6. The van der Waals surface area contributed by atoms with Gasteiger partial charge in [-0.2, -0.15) is 0 Å². The van der Waals surface area contributed by atoms with Crippen LogP contribution < -0.4 is 15.8 Å². The fourth-order valence-corrected chi connectivity index (χ4v) is 2.92. The van der Waals surface area contributed by atoms with Crippen LogP contribution in [0.3, 0.4) is 0 Å². The van der Waals surface area contributed by atoms with Crippen LogP contribution in [0.25, 0.3) is 0 Å². The highest BCUT2D eigenvalue weighted by atomic mass is 32.2. The number of anilines is 2. The molecule has 4 N–H and O–H groups in total. The fraction of sp³-hybridized carbons (Fsp3) is 0.417. The lowest BCUT2D eigenvalue weighted by atomic mass is 10.2. The van der Waals surface area contributed by atoms with Crippen LogP contribution in [0.15, 0.2) is 23.1 Å². The molecule has 1 fully saturated rings. The van der Waals surface area contributed by atoms with Crippen LogP contribution in [-0.4, -0.2) is 45.4 Å². The van der Waals surface area contributed by atoms with Gasteiger partial charge in [0.1, 0.15) is 4.90 Å². The van der Waals surface area contributed by atoms with Crippen molar-refractivity contribution in [1.82, 2.24) is 4.90 Å². The summed E-state index contributed by atoms with van der Waals surface area (Å²) >= 11 is 0. The maximum Gasteiger partial charge on any atom is 0.240 e. The third-order valence-electron chi connectivity index (χ3n) is 3.39. The lowest BCUT2D eigenvalue weighted by molar-refractivity contribution is -0.129. The molecule has 0 atom stereocenters. The number of sulfonamides is 1. The number of carbonyl (C=O) groups excluding carboxylic acids is 1. The Kier molecular flexibility index (Phi) is 3.87. The van der Waals surface area contributed by atoms with Gasteiger partial charge in [0.25, 0.3) is 0 Å². The number of rotatable bonds is 2. The fourth-order valence-electron chi connectivity index (χ4n) is 2.27. The highest BCUT2D eigenvalue weighted by molar-refractivity contribution is 7.89. The van der Waals surface area contributed by atoms with Crippen LogP contribution in [0.2, 0.25) is 0 Å². The minimum absolute atomic E-state index is 0.0636. The van der Waals surface area contributed by atoms with Gasteiger partial charge in [-0.3, -0.25) is 4.79 Å². The van der Waals surface area contributed by atoms with Crippen molar-refractivity contribution in [3.8, 4) is 0 Å². The van der Waals surface area contributed by atoms with E-state index in [2.05, 4.69) is 4.90 Å². The van der Waals surface area contributed by atoms with E-state index in [1.807, 2.05) is 0 Å². The van der Waals surface area contributed by atoms with Crippen molar-refractivity contribution in [2.45, 2.75) is 11.8 Å². The zero-order valence-corrected chi connectivity index (χ0v) is 12.1. The minimum Gasteiger partial charge on any atom is -0.398 e. The number of hydrogen-bond donors (Lipinski definition) is 2. The quantitative estimate of drug-likeness (QED) is 0.721. The molecule has 0 aromatic heterocycles. The molecule has 1 aromatic carbocycles. The second kappa shape index (κ2) is 5.29. The Morgan fingerprint density at radius 3 is 2.25 bits per heavy atom. The minimum atomic E-state index is -3.80. The van der Waals surface area contributed by atoms with E-state index in [9.17, 15) is 13.2 Å². The Morgan fingerprint density at radius 2 is 1.80 bits per heavy atom. The summed E-state index contributed by atoms with van der Waals surface area (Å²) in [5, 5.41) is 5.07. The summed E-state index contributed by atoms with van der Waals surface area (Å²) in [4.78, 5) is 15.0. The number of primary sulfonamides is 1. The zero-order valence-electron chi connectivity index (χ0n) is 11.2. The lowest BCUT2D eigenvalue weighted by Crippen LogP contribution is -2.48. The second-order valence-electron chi connectivity index (χ2n) is 4.76. The molecule has 0 aliphatic carbocycles. The number of benzene rings is 1. The highest BCUT2D eigenvalue weighted by Crippen LogP contribution is 2.24. The van der Waals surface area contributed by atoms with Gasteiger partial charge in [0.2, 0.25) is 15.9 Å². The van der Waals surface area contributed by atoms with E-state index in [4.69, 9.17) is 10.9 Å². The number of nitrogens with two attached hydrogens (primary N) is 2. The van der Waals surface area contributed by atoms with Gasteiger partial charge in [-0.1, -0.05) is 0 Å². The summed E-state index contributed by atoms with van der Waals surface area (Å²) in [6, 6.07) is 4.69. The van der Waals surface area contributed by atoms with E-state index in [0.717, 1.165) is 5.69 Å². The largest absolute Gasteiger partial charge is 0.398 e. The molecule has 1 aliphatic heterocycles. The summed E-state index contributed by atoms with van der Waals surface area (Å²) in [6.45, 7) is 4.22. The maximum absolute atomic E-state index is 11.3. The molecule has 0 unspecified atom stereocenters. The summed E-state index contributed by atoms with van der Waals surface area (Å²) < 4.78 is 22.6. The average Bonchev–Trinajstić information content (AvgIpc) is 2.37. The molecule has 0 saturated carbocycles. The molecule has 20 heavy (non-hydrogen) atoms. The molecule has 0 bridgehead atoms. The third kappa shape index (κ3) is 3.02. The number of piperazine rings is 1. The van der Waals surface area contributed by atoms with Gasteiger partial charge < -0.3 is 15.5 Å². The van der Waals surface area contributed by atoms with Crippen molar-refractivity contribution < 1.29 is 13.2 Å². The lowest BCUT2D eigenvalue weighted by Gasteiger charge is -2.35. The van der Waals surface area contributed by atoms with Gasteiger partial charge in [0, 0.05) is 38.8 Å². The van der Waals surface area contributed by atoms with Gasteiger partial charge >= 0.3 is 0 Å². The molecular weight excluding hydrogens is 280 g/mol. The highest BCUT2D eigenvalue weighted by Gasteiger charge is 2.20. The molecule has 1 amide bonds. The molecule has 110 valence electrons. The molecular formula is C12H18N4O3S. The predicted octanol–water partition coefficient (Wildman–Crippen LogP) is -0.415. The third-order valence-corrected chi connectivity index (χ3v) is 4.37. The van der Waals surface area contributed by atoms with Crippen LogP contribution in [0.4, 0.5) is 11.4 Å². The van der Waals surface area contributed by atoms with E-state index in [1.165, 1.54) is 6.07 Å². The van der Waals surface area contributed by atoms with Crippen molar-refractivity contribution >= 4 is 27.3 Å². The van der Waals surface area contributed by atoms with Gasteiger partial charge in [-0.05, 0) is 18.2 Å². The zero-order chi connectivity index (χ0) is 14.9. The van der Waals surface area contributed by atoms with Crippen molar-refractivity contribution in [3.05, 3.63) is 18.2 Å². The number of nitrogens with zero attached hydrogens (tertiary/aromatic N) is 2. The molecule has 1 aromatic rings. The standard InChI is InChI=1S/C12H18N4O3S/c1-9(17)15-4-6-16(7-5-15)10-2-3-12(11(13)8-10)20(14,18)19/h2-3,8H,4-7,13H2,1H3,(H2,14,18,19). The monoisotopic (exact) mass is 298 g/mol. The van der Waals surface area contributed by atoms with Crippen LogP contribution >= 0.6 is 0 Å². The maximum atomic E-state index is 11.3. The Labute approximate surface area is 118 Å². The Bertz CT molecular complexity index is 622. The van der Waals surface area contributed by atoms with Crippen LogP contribution in [0.5, 0.6) is 0 Å². The molecule has 0 radical (unpaired) electrons. The molecule has 7 nitrogen and oxygen atoms in total. The first-order chi connectivity index (χ1) is 9.29.